The minimum absolute atomic E-state index is 0.657. The zero-order valence-corrected chi connectivity index (χ0v) is 11.1. The number of nitrogens with zero attached hydrogens (tertiary/aromatic N) is 4. The summed E-state index contributed by atoms with van der Waals surface area (Å²) in [4.78, 5) is 13.1. The van der Waals surface area contributed by atoms with Crippen molar-refractivity contribution in [2.24, 2.45) is 5.73 Å². The Morgan fingerprint density at radius 3 is 2.61 bits per heavy atom. The van der Waals surface area contributed by atoms with Crippen LogP contribution < -0.4 is 15.4 Å². The Morgan fingerprint density at radius 2 is 2.00 bits per heavy atom. The molecular weight excluding hydrogens is 230 g/mol. The molecule has 100 valence electrons. The molecule has 2 rings (SSSR count). The van der Waals surface area contributed by atoms with Gasteiger partial charge in [0.25, 0.3) is 0 Å². The van der Waals surface area contributed by atoms with Crippen molar-refractivity contribution in [1.82, 2.24) is 14.9 Å². The van der Waals surface area contributed by atoms with Crippen molar-refractivity contribution in [3.63, 3.8) is 0 Å². The second-order valence-electron chi connectivity index (χ2n) is 4.45. The van der Waals surface area contributed by atoms with Gasteiger partial charge in [-0.15, -0.1) is 0 Å². The molecule has 1 aliphatic heterocycles. The summed E-state index contributed by atoms with van der Waals surface area (Å²) in [5.41, 5.74) is 6.58. The minimum Gasteiger partial charge on any atom is -0.481 e. The maximum atomic E-state index is 5.57. The molecule has 1 aliphatic rings. The van der Waals surface area contributed by atoms with Crippen LogP contribution in [0.2, 0.25) is 0 Å². The van der Waals surface area contributed by atoms with Crippen LogP contribution in [-0.4, -0.2) is 61.2 Å². The van der Waals surface area contributed by atoms with Crippen LogP contribution in [0.1, 0.15) is 5.56 Å². The molecule has 6 nitrogen and oxygen atoms in total. The van der Waals surface area contributed by atoms with Gasteiger partial charge in [0.05, 0.1) is 12.7 Å². The molecule has 0 aromatic carbocycles. The molecule has 18 heavy (non-hydrogen) atoms. The van der Waals surface area contributed by atoms with Crippen LogP contribution >= 0.6 is 0 Å². The molecule has 0 radical (unpaired) electrons. The first kappa shape index (κ1) is 13.0. The quantitative estimate of drug-likeness (QED) is 0.804. The van der Waals surface area contributed by atoms with E-state index in [0.717, 1.165) is 50.6 Å². The van der Waals surface area contributed by atoms with Crippen LogP contribution in [0.3, 0.4) is 0 Å². The van der Waals surface area contributed by atoms with Gasteiger partial charge in [0.15, 0.2) is 0 Å². The zero-order chi connectivity index (χ0) is 13.0. The fraction of sp³-hybridized carbons (Fsp3) is 0.667. The van der Waals surface area contributed by atoms with Gasteiger partial charge in [0, 0.05) is 39.3 Å². The van der Waals surface area contributed by atoms with Gasteiger partial charge in [-0.25, -0.2) is 9.97 Å². The number of methoxy groups -OCH3 is 1. The van der Waals surface area contributed by atoms with Crippen molar-refractivity contribution in [3.8, 4) is 5.88 Å². The molecule has 0 bridgehead atoms. The van der Waals surface area contributed by atoms with E-state index in [1.54, 1.807) is 13.4 Å². The van der Waals surface area contributed by atoms with E-state index in [9.17, 15) is 0 Å². The first-order valence-electron chi connectivity index (χ1n) is 6.29. The average molecular weight is 251 g/mol. The van der Waals surface area contributed by atoms with Gasteiger partial charge in [0.2, 0.25) is 5.88 Å². The highest BCUT2D eigenvalue weighted by Gasteiger charge is 2.20. The van der Waals surface area contributed by atoms with E-state index in [4.69, 9.17) is 10.5 Å². The molecule has 0 aliphatic carbocycles. The molecule has 2 heterocycles. The van der Waals surface area contributed by atoms with E-state index in [1.807, 2.05) is 6.92 Å². The lowest BCUT2D eigenvalue weighted by Crippen LogP contribution is -2.48. The van der Waals surface area contributed by atoms with Crippen molar-refractivity contribution in [2.75, 3.05) is 51.3 Å². The van der Waals surface area contributed by atoms with Crippen LogP contribution in [0, 0.1) is 6.92 Å². The maximum Gasteiger partial charge on any atom is 0.221 e. The smallest absolute Gasteiger partial charge is 0.221 e. The highest BCUT2D eigenvalue weighted by Crippen LogP contribution is 2.24. The summed E-state index contributed by atoms with van der Waals surface area (Å²) >= 11 is 0. The van der Waals surface area contributed by atoms with Crippen LogP contribution in [-0.2, 0) is 0 Å². The minimum atomic E-state index is 0.657. The van der Waals surface area contributed by atoms with Gasteiger partial charge in [-0.05, 0) is 6.92 Å². The Kier molecular flexibility index (Phi) is 4.33. The summed E-state index contributed by atoms with van der Waals surface area (Å²) in [6.07, 6.45) is 1.56. The molecule has 0 saturated carbocycles. The maximum absolute atomic E-state index is 5.57. The molecule has 0 unspecified atom stereocenters. The number of ether oxygens (including phenoxy) is 1. The van der Waals surface area contributed by atoms with Gasteiger partial charge in [0.1, 0.15) is 12.1 Å². The second-order valence-corrected chi connectivity index (χ2v) is 4.45. The average Bonchev–Trinajstić information content (AvgIpc) is 2.41. The zero-order valence-electron chi connectivity index (χ0n) is 11.1. The number of hydrogen-bond donors (Lipinski definition) is 1. The van der Waals surface area contributed by atoms with Crippen LogP contribution in [0.25, 0.3) is 0 Å². The molecule has 0 amide bonds. The third-order valence-electron chi connectivity index (χ3n) is 3.32. The fourth-order valence-corrected chi connectivity index (χ4v) is 2.32. The van der Waals surface area contributed by atoms with E-state index in [0.29, 0.717) is 5.88 Å². The van der Waals surface area contributed by atoms with E-state index in [1.165, 1.54) is 0 Å². The molecule has 2 N–H and O–H groups in total. The fourth-order valence-electron chi connectivity index (χ4n) is 2.32. The normalized spacial score (nSPS) is 16.9. The molecule has 1 fully saturated rings. The van der Waals surface area contributed by atoms with Gasteiger partial charge in [-0.1, -0.05) is 0 Å². The standard InChI is InChI=1S/C12H21N5O/c1-10-11(14-9-15-12(10)18-2)17-7-5-16(4-3-13)6-8-17/h9H,3-8,13H2,1-2H3. The number of anilines is 1. The topological polar surface area (TPSA) is 67.5 Å². The van der Waals surface area contributed by atoms with Crippen molar-refractivity contribution >= 4 is 5.82 Å². The number of piperazine rings is 1. The van der Waals surface area contributed by atoms with Gasteiger partial charge < -0.3 is 15.4 Å². The lowest BCUT2D eigenvalue weighted by atomic mass is 10.2. The summed E-state index contributed by atoms with van der Waals surface area (Å²) in [5.74, 6) is 1.64. The van der Waals surface area contributed by atoms with Crippen molar-refractivity contribution in [3.05, 3.63) is 11.9 Å². The monoisotopic (exact) mass is 251 g/mol. The summed E-state index contributed by atoms with van der Waals surface area (Å²) in [5, 5.41) is 0. The summed E-state index contributed by atoms with van der Waals surface area (Å²) in [6, 6.07) is 0. The van der Waals surface area contributed by atoms with Crippen molar-refractivity contribution in [1.29, 1.82) is 0 Å². The van der Waals surface area contributed by atoms with Gasteiger partial charge in [-0.2, -0.15) is 0 Å². The number of hydrogen-bond acceptors (Lipinski definition) is 6. The molecule has 6 heteroatoms. The van der Waals surface area contributed by atoms with Crippen LogP contribution in [0.15, 0.2) is 6.33 Å². The van der Waals surface area contributed by atoms with E-state index in [-0.39, 0.29) is 0 Å². The molecule has 1 aromatic rings. The molecule has 1 saturated heterocycles. The molecule has 1 aromatic heterocycles. The van der Waals surface area contributed by atoms with Gasteiger partial charge in [-0.3, -0.25) is 4.90 Å². The Morgan fingerprint density at radius 1 is 1.28 bits per heavy atom. The number of aromatic nitrogens is 2. The van der Waals surface area contributed by atoms with Crippen molar-refractivity contribution in [2.45, 2.75) is 6.92 Å². The summed E-state index contributed by atoms with van der Waals surface area (Å²) in [7, 11) is 1.64. The Hall–Kier alpha value is -1.40. The first-order valence-corrected chi connectivity index (χ1v) is 6.29. The highest BCUT2D eigenvalue weighted by atomic mass is 16.5. The molecule has 0 atom stereocenters. The highest BCUT2D eigenvalue weighted by molar-refractivity contribution is 5.50. The predicted octanol–water partition coefficient (Wildman–Crippen LogP) is -0.126. The van der Waals surface area contributed by atoms with E-state index in [2.05, 4.69) is 19.8 Å². The predicted molar refractivity (Wildman–Crippen MR) is 71.0 cm³/mol. The third-order valence-corrected chi connectivity index (χ3v) is 3.32. The lowest BCUT2D eigenvalue weighted by molar-refractivity contribution is 0.264. The Labute approximate surface area is 108 Å². The number of nitrogens with two attached hydrogens (primary N) is 1. The summed E-state index contributed by atoms with van der Waals surface area (Å²) < 4.78 is 5.23. The number of rotatable bonds is 4. The van der Waals surface area contributed by atoms with Crippen LogP contribution in [0.5, 0.6) is 5.88 Å². The third kappa shape index (κ3) is 2.70. The van der Waals surface area contributed by atoms with E-state index < -0.39 is 0 Å². The van der Waals surface area contributed by atoms with E-state index >= 15 is 0 Å². The second kappa shape index (κ2) is 5.97. The van der Waals surface area contributed by atoms with Gasteiger partial charge >= 0.3 is 0 Å². The largest absolute Gasteiger partial charge is 0.481 e. The SMILES string of the molecule is COc1ncnc(N2CCN(CCN)CC2)c1C. The summed E-state index contributed by atoms with van der Waals surface area (Å²) in [6.45, 7) is 7.70. The molecule has 0 spiro atoms. The lowest BCUT2D eigenvalue weighted by Gasteiger charge is -2.35. The first-order chi connectivity index (χ1) is 8.76. The Balaban J connectivity index is 2.05. The molecular formula is C12H21N5O. The Bertz CT molecular complexity index is 390. The van der Waals surface area contributed by atoms with Crippen molar-refractivity contribution < 1.29 is 4.74 Å². The van der Waals surface area contributed by atoms with Crippen LogP contribution in [0.4, 0.5) is 5.82 Å².